The maximum atomic E-state index is 11.6. The Morgan fingerprint density at radius 1 is 1.05 bits per heavy atom. The molecule has 0 saturated heterocycles. The molecule has 0 rings (SSSR count). The van der Waals surface area contributed by atoms with E-state index in [1.807, 2.05) is 0 Å². The lowest BCUT2D eigenvalue weighted by atomic mass is 10.2. The number of carbonyl (C=O) groups excluding carboxylic acids is 1. The van der Waals surface area contributed by atoms with Crippen LogP contribution in [0.25, 0.3) is 0 Å². The molecular weight excluding hydrogens is 256 g/mol. The van der Waals surface area contributed by atoms with Crippen molar-refractivity contribution in [3.8, 4) is 0 Å². The summed E-state index contributed by atoms with van der Waals surface area (Å²) < 4.78 is 9.24. The summed E-state index contributed by atoms with van der Waals surface area (Å²) in [6, 6.07) is 0. The van der Waals surface area contributed by atoms with Gasteiger partial charge in [-0.15, -0.1) is 0 Å². The standard InChI is InChI=1S/C12H20O7/c1-8(7-16-19-11(2,3)4)9(13)17-12(5,6)18-10(14)15/h7H,1-6H3,(H,14,15). The van der Waals surface area contributed by atoms with E-state index in [2.05, 4.69) is 4.74 Å². The fourth-order valence-electron chi connectivity index (χ4n) is 0.824. The van der Waals surface area contributed by atoms with Crippen LogP contribution in [-0.2, 0) is 24.0 Å². The maximum absolute atomic E-state index is 11.6. The highest BCUT2D eigenvalue weighted by molar-refractivity contribution is 5.87. The average Bonchev–Trinajstić information content (AvgIpc) is 2.11. The van der Waals surface area contributed by atoms with Crippen LogP contribution in [0.2, 0.25) is 0 Å². The molecule has 0 aliphatic rings. The summed E-state index contributed by atoms with van der Waals surface area (Å²) in [5.41, 5.74) is -0.418. The molecule has 0 spiro atoms. The molecule has 0 radical (unpaired) electrons. The van der Waals surface area contributed by atoms with Gasteiger partial charge in [-0.3, -0.25) is 0 Å². The highest BCUT2D eigenvalue weighted by Crippen LogP contribution is 2.15. The third-order valence-electron chi connectivity index (χ3n) is 1.52. The van der Waals surface area contributed by atoms with Gasteiger partial charge in [0.15, 0.2) is 0 Å². The molecule has 0 aromatic rings. The van der Waals surface area contributed by atoms with Crippen molar-refractivity contribution in [3.63, 3.8) is 0 Å². The quantitative estimate of drug-likeness (QED) is 0.206. The molecule has 0 bridgehead atoms. The van der Waals surface area contributed by atoms with Crippen molar-refractivity contribution >= 4 is 12.1 Å². The van der Waals surface area contributed by atoms with Crippen LogP contribution in [0.3, 0.4) is 0 Å². The highest BCUT2D eigenvalue weighted by atomic mass is 17.2. The molecule has 1 N–H and O–H groups in total. The Balaban J connectivity index is 4.41. The minimum atomic E-state index is -1.58. The van der Waals surface area contributed by atoms with Crippen LogP contribution in [0.5, 0.6) is 0 Å². The lowest BCUT2D eigenvalue weighted by molar-refractivity contribution is -0.311. The molecule has 0 aliphatic carbocycles. The SMILES string of the molecule is CC(=COOC(C)(C)C)C(=O)OC(C)(C)OC(=O)O. The molecule has 7 nitrogen and oxygen atoms in total. The van der Waals surface area contributed by atoms with E-state index in [-0.39, 0.29) is 5.57 Å². The smallest absolute Gasteiger partial charge is 0.450 e. The molecule has 0 unspecified atom stereocenters. The number of hydrogen-bond donors (Lipinski definition) is 1. The van der Waals surface area contributed by atoms with Crippen molar-refractivity contribution < 1.29 is 33.9 Å². The zero-order valence-corrected chi connectivity index (χ0v) is 12.0. The van der Waals surface area contributed by atoms with Gasteiger partial charge in [0.2, 0.25) is 0 Å². The third kappa shape index (κ3) is 8.90. The summed E-state index contributed by atoms with van der Waals surface area (Å²) in [5, 5.41) is 8.46. The molecule has 0 saturated carbocycles. The summed E-state index contributed by atoms with van der Waals surface area (Å²) in [6.45, 7) is 9.37. The van der Waals surface area contributed by atoms with Crippen LogP contribution < -0.4 is 0 Å². The fraction of sp³-hybridized carbons (Fsp3) is 0.667. The van der Waals surface area contributed by atoms with Gasteiger partial charge in [0.1, 0.15) is 11.9 Å². The average molecular weight is 276 g/mol. The van der Waals surface area contributed by atoms with E-state index < -0.39 is 23.5 Å². The first kappa shape index (κ1) is 17.2. The predicted octanol–water partition coefficient (Wildman–Crippen LogP) is 2.61. The van der Waals surface area contributed by atoms with Gasteiger partial charge < -0.3 is 19.5 Å². The molecule has 0 atom stereocenters. The van der Waals surface area contributed by atoms with Crippen molar-refractivity contribution in [2.45, 2.75) is 52.9 Å². The van der Waals surface area contributed by atoms with Crippen LogP contribution in [0.1, 0.15) is 41.5 Å². The topological polar surface area (TPSA) is 91.3 Å². The van der Waals surface area contributed by atoms with E-state index in [0.29, 0.717) is 0 Å². The van der Waals surface area contributed by atoms with E-state index in [9.17, 15) is 9.59 Å². The highest BCUT2D eigenvalue weighted by Gasteiger charge is 2.28. The first-order valence-electron chi connectivity index (χ1n) is 5.59. The number of carboxylic acid groups (broad SMARTS) is 1. The van der Waals surface area contributed by atoms with Crippen LogP contribution in [0.15, 0.2) is 11.8 Å². The lowest BCUT2D eigenvalue weighted by Gasteiger charge is -2.23. The summed E-state index contributed by atoms with van der Waals surface area (Å²) >= 11 is 0. The number of ether oxygens (including phenoxy) is 2. The molecule has 0 fully saturated rings. The molecule has 0 aliphatic heterocycles. The van der Waals surface area contributed by atoms with Crippen molar-refractivity contribution in [3.05, 3.63) is 11.8 Å². The molecule has 0 aromatic carbocycles. The number of carbonyl (C=O) groups is 2. The normalized spacial score (nSPS) is 12.8. The minimum Gasteiger partial charge on any atom is -0.450 e. The number of hydrogen-bond acceptors (Lipinski definition) is 6. The second-order valence-electron chi connectivity index (χ2n) is 5.25. The van der Waals surface area contributed by atoms with Gasteiger partial charge in [-0.25, -0.2) is 9.59 Å². The lowest BCUT2D eigenvalue weighted by Crippen LogP contribution is -2.33. The molecule has 19 heavy (non-hydrogen) atoms. The Labute approximate surface area is 112 Å². The van der Waals surface area contributed by atoms with Gasteiger partial charge in [0.05, 0.1) is 5.57 Å². The largest absolute Gasteiger partial charge is 0.509 e. The Bertz CT molecular complexity index is 363. The van der Waals surface area contributed by atoms with E-state index in [0.717, 1.165) is 6.26 Å². The van der Waals surface area contributed by atoms with Crippen molar-refractivity contribution in [1.82, 2.24) is 0 Å². The molecule has 0 heterocycles. The third-order valence-corrected chi connectivity index (χ3v) is 1.52. The van der Waals surface area contributed by atoms with Crippen molar-refractivity contribution in [1.29, 1.82) is 0 Å². The Morgan fingerprint density at radius 3 is 2.00 bits per heavy atom. The first-order valence-corrected chi connectivity index (χ1v) is 5.59. The van der Waals surface area contributed by atoms with E-state index in [4.69, 9.17) is 19.6 Å². The molecule has 0 aromatic heterocycles. The van der Waals surface area contributed by atoms with Crippen LogP contribution >= 0.6 is 0 Å². The Kier molecular flexibility index (Phi) is 5.82. The molecule has 110 valence electrons. The molecular formula is C12H20O7. The Morgan fingerprint density at radius 2 is 1.58 bits per heavy atom. The van der Waals surface area contributed by atoms with Gasteiger partial charge >= 0.3 is 12.1 Å². The number of esters is 1. The molecule has 7 heteroatoms. The summed E-state index contributed by atoms with van der Waals surface area (Å²) in [6.07, 6.45) is -0.462. The maximum Gasteiger partial charge on any atom is 0.509 e. The summed E-state index contributed by atoms with van der Waals surface area (Å²) in [5.74, 6) is -2.35. The summed E-state index contributed by atoms with van der Waals surface area (Å²) in [7, 11) is 0. The second kappa shape index (κ2) is 6.42. The second-order valence-corrected chi connectivity index (χ2v) is 5.25. The van der Waals surface area contributed by atoms with E-state index >= 15 is 0 Å². The summed E-state index contributed by atoms with van der Waals surface area (Å²) in [4.78, 5) is 31.7. The monoisotopic (exact) mass is 276 g/mol. The molecule has 0 amide bonds. The van der Waals surface area contributed by atoms with Gasteiger partial charge in [-0.1, -0.05) is 0 Å². The van der Waals surface area contributed by atoms with Gasteiger partial charge in [-0.05, 0) is 27.7 Å². The van der Waals surface area contributed by atoms with Gasteiger partial charge in [-0.2, -0.15) is 4.89 Å². The first-order chi connectivity index (χ1) is 8.43. The predicted molar refractivity (Wildman–Crippen MR) is 65.0 cm³/mol. The van der Waals surface area contributed by atoms with Crippen molar-refractivity contribution in [2.24, 2.45) is 0 Å². The minimum absolute atomic E-state index is 0.103. The number of rotatable bonds is 5. The fourth-order valence-corrected chi connectivity index (χ4v) is 0.824. The Hall–Kier alpha value is -1.76. The van der Waals surface area contributed by atoms with Crippen LogP contribution in [-0.4, -0.2) is 28.6 Å². The van der Waals surface area contributed by atoms with Gasteiger partial charge in [0, 0.05) is 13.8 Å². The van der Waals surface area contributed by atoms with E-state index in [1.165, 1.54) is 20.8 Å². The van der Waals surface area contributed by atoms with Crippen LogP contribution in [0.4, 0.5) is 4.79 Å². The van der Waals surface area contributed by atoms with Crippen LogP contribution in [0, 0.1) is 0 Å². The van der Waals surface area contributed by atoms with Gasteiger partial charge in [0.25, 0.3) is 5.79 Å². The zero-order chi connectivity index (χ0) is 15.3. The van der Waals surface area contributed by atoms with E-state index in [1.54, 1.807) is 20.8 Å². The zero-order valence-electron chi connectivity index (χ0n) is 12.0. The van der Waals surface area contributed by atoms with Crippen molar-refractivity contribution in [2.75, 3.05) is 0 Å².